The Kier molecular flexibility index (Phi) is 5.38. The van der Waals surface area contributed by atoms with E-state index in [9.17, 15) is 0 Å². The van der Waals surface area contributed by atoms with E-state index in [-0.39, 0.29) is 0 Å². The van der Waals surface area contributed by atoms with Crippen molar-refractivity contribution < 1.29 is 0 Å². The summed E-state index contributed by atoms with van der Waals surface area (Å²) in [4.78, 5) is 9.52. The average molecular weight is 455 g/mol. The quantitative estimate of drug-likeness (QED) is 0.251. The van der Waals surface area contributed by atoms with Crippen LogP contribution in [0.1, 0.15) is 38.2 Å². The van der Waals surface area contributed by atoms with Gasteiger partial charge in [-0.1, -0.05) is 81.1 Å². The van der Waals surface area contributed by atoms with Gasteiger partial charge in [0.2, 0.25) is 0 Å². The van der Waals surface area contributed by atoms with Crippen LogP contribution in [0.15, 0.2) is 60.9 Å². The molecule has 32 heavy (non-hydrogen) atoms. The Balaban J connectivity index is 1.76. The summed E-state index contributed by atoms with van der Waals surface area (Å²) in [6.45, 7) is 11.8. The zero-order chi connectivity index (χ0) is 22.5. The van der Waals surface area contributed by atoms with Crippen molar-refractivity contribution in [2.45, 2.75) is 52.2 Å². The van der Waals surface area contributed by atoms with E-state index in [4.69, 9.17) is 9.97 Å². The highest BCUT2D eigenvalue weighted by atomic mass is 32.1. The highest BCUT2D eigenvalue weighted by Gasteiger charge is 2.22. The van der Waals surface area contributed by atoms with Crippen LogP contribution >= 0.6 is 11.3 Å². The summed E-state index contributed by atoms with van der Waals surface area (Å²) >= 11 is 1.84. The first-order valence-electron chi connectivity index (χ1n) is 11.6. The lowest BCUT2D eigenvalue weighted by molar-refractivity contribution is 0.643. The smallest absolute Gasteiger partial charge is 0.116 e. The lowest BCUT2D eigenvalue weighted by Crippen LogP contribution is -2.38. The molecule has 4 heteroatoms. The average Bonchev–Trinajstić information content (AvgIpc) is 3.16. The van der Waals surface area contributed by atoms with Crippen molar-refractivity contribution in [3.8, 4) is 11.3 Å². The highest BCUT2D eigenvalue weighted by molar-refractivity contribution is 7.26. The van der Waals surface area contributed by atoms with Gasteiger partial charge in [0, 0.05) is 15.6 Å². The molecule has 0 amide bonds. The Bertz CT molecular complexity index is 1440. The predicted octanol–water partition coefficient (Wildman–Crippen LogP) is 8.11. The van der Waals surface area contributed by atoms with Gasteiger partial charge in [-0.25, -0.2) is 9.97 Å². The molecular weight excluding hydrogens is 424 g/mol. The van der Waals surface area contributed by atoms with Crippen molar-refractivity contribution in [2.24, 2.45) is 0 Å². The molecule has 0 radical (unpaired) electrons. The highest BCUT2D eigenvalue weighted by Crippen LogP contribution is 2.39. The molecule has 5 aromatic rings. The van der Waals surface area contributed by atoms with E-state index in [1.807, 2.05) is 11.3 Å². The van der Waals surface area contributed by atoms with Gasteiger partial charge in [-0.3, -0.25) is 0 Å². The van der Waals surface area contributed by atoms with Crippen molar-refractivity contribution in [1.29, 1.82) is 0 Å². The van der Waals surface area contributed by atoms with Crippen LogP contribution in [0.4, 0.5) is 0 Å². The molecule has 2 nitrogen and oxygen atoms in total. The molecule has 0 bridgehead atoms. The molecule has 0 aliphatic carbocycles. The van der Waals surface area contributed by atoms with Crippen molar-refractivity contribution in [3.63, 3.8) is 0 Å². The summed E-state index contributed by atoms with van der Waals surface area (Å²) in [5, 5.41) is 5.42. The van der Waals surface area contributed by atoms with Gasteiger partial charge in [-0.2, -0.15) is 0 Å². The monoisotopic (exact) mass is 454 g/mol. The van der Waals surface area contributed by atoms with Crippen LogP contribution in [-0.2, 0) is 0 Å². The first kappa shape index (κ1) is 21.3. The molecule has 0 unspecified atom stereocenters. The number of benzene rings is 3. The van der Waals surface area contributed by atoms with Crippen molar-refractivity contribution >= 4 is 55.7 Å². The number of hydrogen-bond donors (Lipinski definition) is 0. The molecule has 3 aromatic carbocycles. The molecule has 0 fully saturated rings. The molecule has 162 valence electrons. The maximum Gasteiger partial charge on any atom is 0.116 e. The lowest BCUT2D eigenvalue weighted by atomic mass is 9.93. The van der Waals surface area contributed by atoms with E-state index in [2.05, 4.69) is 88.1 Å². The first-order chi connectivity index (χ1) is 15.4. The lowest BCUT2D eigenvalue weighted by Gasteiger charge is -2.21. The van der Waals surface area contributed by atoms with Crippen LogP contribution in [-0.4, -0.2) is 18.0 Å². The van der Waals surface area contributed by atoms with E-state index in [0.29, 0.717) is 5.92 Å². The number of rotatable bonds is 5. The second-order valence-electron chi connectivity index (χ2n) is 9.77. The molecule has 0 spiro atoms. The Morgan fingerprint density at radius 3 is 2.41 bits per heavy atom. The fourth-order valence-electron chi connectivity index (χ4n) is 4.88. The molecule has 0 saturated heterocycles. The Morgan fingerprint density at radius 1 is 0.875 bits per heavy atom. The minimum absolute atomic E-state index is 0.620. The molecule has 0 aliphatic heterocycles. The summed E-state index contributed by atoms with van der Waals surface area (Å²) < 4.78 is 2.51. The predicted molar refractivity (Wildman–Crippen MR) is 144 cm³/mol. The molecule has 2 aromatic heterocycles. The van der Waals surface area contributed by atoms with Crippen LogP contribution in [0.2, 0.25) is 19.6 Å². The standard InChI is InChI=1S/C28H30N2SSi/c1-6-18(7-2)19-12-13-23-24(15-19)31-28-26(29-17-30-27(23)28)21-14-20-10-8-9-11-22(20)25(16-21)32(3,4)5/h8-18H,6-7H2,1-5H3. The fourth-order valence-corrected chi connectivity index (χ4v) is 7.72. The van der Waals surface area contributed by atoms with E-state index in [1.165, 1.54) is 54.7 Å². The van der Waals surface area contributed by atoms with Crippen LogP contribution in [0.25, 0.3) is 42.3 Å². The molecule has 0 atom stereocenters. The molecule has 0 N–H and O–H groups in total. The minimum atomic E-state index is -1.53. The molecule has 2 heterocycles. The summed E-state index contributed by atoms with van der Waals surface area (Å²) in [6.07, 6.45) is 4.09. The third-order valence-electron chi connectivity index (χ3n) is 6.68. The largest absolute Gasteiger partial charge is 0.235 e. The van der Waals surface area contributed by atoms with Gasteiger partial charge < -0.3 is 0 Å². The summed E-state index contributed by atoms with van der Waals surface area (Å²) in [7, 11) is -1.53. The third-order valence-corrected chi connectivity index (χ3v) is 9.86. The molecular formula is C28H30N2SSi. The molecule has 0 saturated carbocycles. The van der Waals surface area contributed by atoms with Gasteiger partial charge in [0.1, 0.15) is 6.33 Å². The van der Waals surface area contributed by atoms with E-state index >= 15 is 0 Å². The van der Waals surface area contributed by atoms with Gasteiger partial charge in [0.15, 0.2) is 0 Å². The van der Waals surface area contributed by atoms with Gasteiger partial charge >= 0.3 is 0 Å². The van der Waals surface area contributed by atoms with Crippen LogP contribution in [0, 0.1) is 0 Å². The summed E-state index contributed by atoms with van der Waals surface area (Å²) in [5.74, 6) is 0.620. The topological polar surface area (TPSA) is 25.8 Å². The zero-order valence-corrected chi connectivity index (χ0v) is 21.4. The number of nitrogens with zero attached hydrogens (tertiary/aromatic N) is 2. The van der Waals surface area contributed by atoms with Crippen LogP contribution < -0.4 is 5.19 Å². The number of aromatic nitrogens is 2. The second kappa shape index (κ2) is 8.09. The SMILES string of the molecule is CCC(CC)c1ccc2c(c1)sc1c(-c3cc([Si](C)(C)C)c4ccccc4c3)ncnc12. The minimum Gasteiger partial charge on any atom is -0.235 e. The Labute approximate surface area is 195 Å². The number of fused-ring (bicyclic) bond motifs is 4. The maximum absolute atomic E-state index is 4.81. The maximum atomic E-state index is 4.81. The van der Waals surface area contributed by atoms with Gasteiger partial charge in [0.25, 0.3) is 0 Å². The van der Waals surface area contributed by atoms with Gasteiger partial charge in [0.05, 0.1) is 24.0 Å². The van der Waals surface area contributed by atoms with Crippen molar-refractivity contribution in [3.05, 3.63) is 66.5 Å². The Morgan fingerprint density at radius 2 is 1.66 bits per heavy atom. The second-order valence-corrected chi connectivity index (χ2v) is 15.9. The molecule has 0 aliphatic rings. The van der Waals surface area contributed by atoms with Crippen LogP contribution in [0.5, 0.6) is 0 Å². The number of thiophene rings is 1. The summed E-state index contributed by atoms with van der Waals surface area (Å²) in [6, 6.07) is 20.4. The van der Waals surface area contributed by atoms with Crippen molar-refractivity contribution in [2.75, 3.05) is 0 Å². The zero-order valence-electron chi connectivity index (χ0n) is 19.6. The number of hydrogen-bond acceptors (Lipinski definition) is 3. The van der Waals surface area contributed by atoms with Gasteiger partial charge in [-0.15, -0.1) is 11.3 Å². The Hall–Kier alpha value is -2.56. The van der Waals surface area contributed by atoms with Crippen molar-refractivity contribution in [1.82, 2.24) is 9.97 Å². The molecule has 5 rings (SSSR count). The normalized spacial score (nSPS) is 12.4. The third kappa shape index (κ3) is 3.56. The fraction of sp³-hybridized carbons (Fsp3) is 0.286. The van der Waals surface area contributed by atoms with E-state index in [1.54, 1.807) is 6.33 Å². The first-order valence-corrected chi connectivity index (χ1v) is 15.9. The van der Waals surface area contributed by atoms with Gasteiger partial charge in [-0.05, 0) is 47.2 Å². The van der Waals surface area contributed by atoms with E-state index in [0.717, 1.165) is 11.2 Å². The summed E-state index contributed by atoms with van der Waals surface area (Å²) in [5.41, 5.74) is 4.79. The van der Waals surface area contributed by atoms with Crippen LogP contribution in [0.3, 0.4) is 0 Å². The van der Waals surface area contributed by atoms with E-state index < -0.39 is 8.07 Å².